The Morgan fingerprint density at radius 3 is 2.71 bits per heavy atom. The molecular formula is C12H14F2N2O. The quantitative estimate of drug-likeness (QED) is 0.810. The molecule has 1 fully saturated rings. The predicted octanol–water partition coefficient (Wildman–Crippen LogP) is 1.59. The fourth-order valence-electron chi connectivity index (χ4n) is 2.23. The van der Waals surface area contributed by atoms with Crippen molar-refractivity contribution in [2.75, 3.05) is 7.05 Å². The molecule has 1 aromatic carbocycles. The van der Waals surface area contributed by atoms with Crippen molar-refractivity contribution in [1.29, 1.82) is 0 Å². The first-order valence-electron chi connectivity index (χ1n) is 5.47. The maximum Gasteiger partial charge on any atom is 0.222 e. The van der Waals surface area contributed by atoms with Gasteiger partial charge in [-0.05, 0) is 24.1 Å². The second kappa shape index (κ2) is 4.41. The number of hydrogen-bond donors (Lipinski definition) is 1. The highest BCUT2D eigenvalue weighted by atomic mass is 19.2. The van der Waals surface area contributed by atoms with Crippen LogP contribution in [0.3, 0.4) is 0 Å². The summed E-state index contributed by atoms with van der Waals surface area (Å²) in [4.78, 5) is 13.1. The number of benzene rings is 1. The van der Waals surface area contributed by atoms with Gasteiger partial charge in [-0.25, -0.2) is 8.78 Å². The van der Waals surface area contributed by atoms with Gasteiger partial charge < -0.3 is 10.6 Å². The molecule has 1 aliphatic heterocycles. The summed E-state index contributed by atoms with van der Waals surface area (Å²) in [6.45, 7) is 0. The minimum absolute atomic E-state index is 0.0265. The van der Waals surface area contributed by atoms with Crippen LogP contribution in [0.2, 0.25) is 0 Å². The molecule has 1 aromatic rings. The molecule has 0 saturated carbocycles. The molecule has 3 nitrogen and oxygen atoms in total. The Balaban J connectivity index is 2.36. The van der Waals surface area contributed by atoms with Gasteiger partial charge in [0, 0.05) is 19.5 Å². The maximum absolute atomic E-state index is 13.2. The van der Waals surface area contributed by atoms with Crippen molar-refractivity contribution in [2.45, 2.75) is 24.9 Å². The van der Waals surface area contributed by atoms with Crippen LogP contribution in [0.1, 0.15) is 24.4 Å². The van der Waals surface area contributed by atoms with Gasteiger partial charge in [0.2, 0.25) is 5.91 Å². The largest absolute Gasteiger partial charge is 0.337 e. The number of likely N-dealkylation sites (N-methyl/N-ethyl adjacent to an activating group) is 1. The Hall–Kier alpha value is -1.49. The molecule has 0 radical (unpaired) electrons. The highest BCUT2D eigenvalue weighted by molar-refractivity contribution is 5.77. The number of amides is 1. The van der Waals surface area contributed by atoms with Gasteiger partial charge in [-0.15, -0.1) is 0 Å². The van der Waals surface area contributed by atoms with Crippen LogP contribution >= 0.6 is 0 Å². The van der Waals surface area contributed by atoms with Crippen LogP contribution in [0.5, 0.6) is 0 Å². The Bertz CT molecular complexity index is 450. The summed E-state index contributed by atoms with van der Waals surface area (Å²) in [7, 11) is 1.63. The smallest absolute Gasteiger partial charge is 0.222 e. The molecule has 2 atom stereocenters. The van der Waals surface area contributed by atoms with Crippen LogP contribution in [0.4, 0.5) is 8.78 Å². The van der Waals surface area contributed by atoms with E-state index >= 15 is 0 Å². The summed E-state index contributed by atoms with van der Waals surface area (Å²) in [5.41, 5.74) is 6.48. The number of carbonyl (C=O) groups is 1. The van der Waals surface area contributed by atoms with E-state index in [-0.39, 0.29) is 18.0 Å². The van der Waals surface area contributed by atoms with Gasteiger partial charge >= 0.3 is 0 Å². The third-order valence-corrected chi connectivity index (χ3v) is 3.19. The van der Waals surface area contributed by atoms with E-state index in [2.05, 4.69) is 0 Å². The average molecular weight is 240 g/mol. The highest BCUT2D eigenvalue weighted by Crippen LogP contribution is 2.30. The Labute approximate surface area is 98.2 Å². The minimum Gasteiger partial charge on any atom is -0.337 e. The van der Waals surface area contributed by atoms with Crippen molar-refractivity contribution in [2.24, 2.45) is 5.73 Å². The lowest BCUT2D eigenvalue weighted by molar-refractivity contribution is -0.135. The second-order valence-corrected chi connectivity index (χ2v) is 4.33. The van der Waals surface area contributed by atoms with E-state index in [4.69, 9.17) is 5.73 Å². The van der Waals surface area contributed by atoms with E-state index in [1.807, 2.05) is 0 Å². The molecule has 1 heterocycles. The van der Waals surface area contributed by atoms with E-state index in [1.165, 1.54) is 11.0 Å². The summed E-state index contributed by atoms with van der Waals surface area (Å²) < 4.78 is 26.0. The van der Waals surface area contributed by atoms with Gasteiger partial charge in [0.25, 0.3) is 0 Å². The molecule has 0 bridgehead atoms. The standard InChI is InChI=1S/C12H14F2N2O/c1-16-11(17)5-4-10(15)12(16)7-2-3-8(13)9(14)6-7/h2-3,6,10,12H,4-5,15H2,1H3. The molecule has 5 heteroatoms. The fourth-order valence-corrected chi connectivity index (χ4v) is 2.23. The Morgan fingerprint density at radius 2 is 2.06 bits per heavy atom. The Morgan fingerprint density at radius 1 is 1.35 bits per heavy atom. The van der Waals surface area contributed by atoms with Gasteiger partial charge in [-0.3, -0.25) is 4.79 Å². The normalized spacial score (nSPS) is 25.2. The molecule has 0 spiro atoms. The first kappa shape index (κ1) is 12.0. The average Bonchev–Trinajstić information content (AvgIpc) is 2.29. The molecule has 2 rings (SSSR count). The van der Waals surface area contributed by atoms with Crippen molar-refractivity contribution in [3.8, 4) is 0 Å². The SMILES string of the molecule is CN1C(=O)CCC(N)C1c1ccc(F)c(F)c1. The number of nitrogens with zero attached hydrogens (tertiary/aromatic N) is 1. The van der Waals surface area contributed by atoms with Crippen LogP contribution in [0.15, 0.2) is 18.2 Å². The molecule has 1 amide bonds. The van der Waals surface area contributed by atoms with Crippen molar-refractivity contribution >= 4 is 5.91 Å². The predicted molar refractivity (Wildman–Crippen MR) is 59.1 cm³/mol. The van der Waals surface area contributed by atoms with E-state index in [1.54, 1.807) is 7.05 Å². The summed E-state index contributed by atoms with van der Waals surface area (Å²) in [5, 5.41) is 0. The lowest BCUT2D eigenvalue weighted by atomic mass is 9.91. The van der Waals surface area contributed by atoms with Crippen LogP contribution in [-0.2, 0) is 4.79 Å². The number of hydrogen-bond acceptors (Lipinski definition) is 2. The second-order valence-electron chi connectivity index (χ2n) is 4.33. The van der Waals surface area contributed by atoms with Gasteiger partial charge in [-0.1, -0.05) is 6.07 Å². The molecule has 17 heavy (non-hydrogen) atoms. The van der Waals surface area contributed by atoms with Gasteiger partial charge in [0.1, 0.15) is 0 Å². The van der Waals surface area contributed by atoms with E-state index in [9.17, 15) is 13.6 Å². The topological polar surface area (TPSA) is 46.3 Å². The molecule has 2 unspecified atom stereocenters. The van der Waals surface area contributed by atoms with Crippen molar-refractivity contribution < 1.29 is 13.6 Å². The molecular weight excluding hydrogens is 226 g/mol. The van der Waals surface area contributed by atoms with Crippen LogP contribution in [-0.4, -0.2) is 23.9 Å². The lowest BCUT2D eigenvalue weighted by Crippen LogP contribution is -2.46. The lowest BCUT2D eigenvalue weighted by Gasteiger charge is -2.37. The first-order chi connectivity index (χ1) is 8.00. The number of rotatable bonds is 1. The zero-order chi connectivity index (χ0) is 12.6. The van der Waals surface area contributed by atoms with Gasteiger partial charge in [-0.2, -0.15) is 0 Å². The summed E-state index contributed by atoms with van der Waals surface area (Å²) in [6.07, 6.45) is 0.963. The summed E-state index contributed by atoms with van der Waals surface area (Å²) in [5.74, 6) is -1.84. The minimum atomic E-state index is -0.916. The Kier molecular flexibility index (Phi) is 3.11. The van der Waals surface area contributed by atoms with Gasteiger partial charge in [0.15, 0.2) is 11.6 Å². The van der Waals surface area contributed by atoms with Crippen LogP contribution in [0, 0.1) is 11.6 Å². The van der Waals surface area contributed by atoms with Crippen LogP contribution < -0.4 is 5.73 Å². The third-order valence-electron chi connectivity index (χ3n) is 3.19. The number of piperidine rings is 1. The molecule has 0 aliphatic carbocycles. The number of likely N-dealkylation sites (tertiary alicyclic amines) is 1. The zero-order valence-corrected chi connectivity index (χ0v) is 9.49. The number of halogens is 2. The van der Waals surface area contributed by atoms with E-state index in [0.29, 0.717) is 18.4 Å². The van der Waals surface area contributed by atoms with E-state index in [0.717, 1.165) is 12.1 Å². The van der Waals surface area contributed by atoms with E-state index < -0.39 is 11.6 Å². The zero-order valence-electron chi connectivity index (χ0n) is 9.49. The number of nitrogens with two attached hydrogens (primary N) is 1. The van der Waals surface area contributed by atoms with Crippen molar-refractivity contribution in [3.05, 3.63) is 35.4 Å². The van der Waals surface area contributed by atoms with Gasteiger partial charge in [0.05, 0.1) is 6.04 Å². The third kappa shape index (κ3) is 2.15. The maximum atomic E-state index is 13.2. The monoisotopic (exact) mass is 240 g/mol. The molecule has 2 N–H and O–H groups in total. The highest BCUT2D eigenvalue weighted by Gasteiger charge is 2.32. The number of carbonyl (C=O) groups excluding carboxylic acids is 1. The van der Waals surface area contributed by atoms with Crippen LogP contribution in [0.25, 0.3) is 0 Å². The fraction of sp³-hybridized carbons (Fsp3) is 0.417. The first-order valence-corrected chi connectivity index (χ1v) is 5.47. The molecule has 92 valence electrons. The summed E-state index contributed by atoms with van der Waals surface area (Å²) >= 11 is 0. The van der Waals surface area contributed by atoms with Crippen molar-refractivity contribution in [3.63, 3.8) is 0 Å². The molecule has 1 aliphatic rings. The molecule has 0 aromatic heterocycles. The summed E-state index contributed by atoms with van der Waals surface area (Å²) in [6, 6.07) is 3.01. The molecule has 1 saturated heterocycles. The van der Waals surface area contributed by atoms with Crippen molar-refractivity contribution in [1.82, 2.24) is 4.90 Å².